The van der Waals surface area contributed by atoms with Gasteiger partial charge < -0.3 is 9.64 Å². The van der Waals surface area contributed by atoms with Gasteiger partial charge in [-0.3, -0.25) is 9.59 Å². The van der Waals surface area contributed by atoms with Crippen LogP contribution in [0.5, 0.6) is 5.75 Å². The van der Waals surface area contributed by atoms with Crippen LogP contribution in [-0.2, 0) is 15.0 Å². The molecule has 1 aliphatic heterocycles. The molecule has 1 amide bonds. The fourth-order valence-electron chi connectivity index (χ4n) is 4.29. The Morgan fingerprint density at radius 3 is 2.19 bits per heavy atom. The fourth-order valence-corrected chi connectivity index (χ4v) is 6.01. The van der Waals surface area contributed by atoms with Crippen molar-refractivity contribution in [2.24, 2.45) is 11.3 Å². The van der Waals surface area contributed by atoms with Gasteiger partial charge in [-0.15, -0.1) is 11.8 Å². The van der Waals surface area contributed by atoms with E-state index in [9.17, 15) is 9.59 Å². The SMILES string of the molecule is C/C=C\C1SC(C(CC)(CC)c2ccc(OCC(=O)C(C)(C)C)c(C)c2)=CC1/C=C/C(=O)N(C)C.CC. The highest BCUT2D eigenvalue weighted by Gasteiger charge is 2.39. The Hall–Kier alpha value is -2.27. The van der Waals surface area contributed by atoms with Gasteiger partial charge in [-0.05, 0) is 54.9 Å². The summed E-state index contributed by atoms with van der Waals surface area (Å²) >= 11 is 1.90. The number of nitrogens with zero attached hydrogens (tertiary/aromatic N) is 1. The van der Waals surface area contributed by atoms with Gasteiger partial charge in [0.25, 0.3) is 0 Å². The van der Waals surface area contributed by atoms with Gasteiger partial charge in [0.2, 0.25) is 5.91 Å². The molecule has 5 heteroatoms. The summed E-state index contributed by atoms with van der Waals surface area (Å²) in [7, 11) is 3.55. The van der Waals surface area contributed by atoms with Crippen molar-refractivity contribution < 1.29 is 14.3 Å². The van der Waals surface area contributed by atoms with Gasteiger partial charge in [0.05, 0.1) is 0 Å². The van der Waals surface area contributed by atoms with Crippen LogP contribution in [0.4, 0.5) is 0 Å². The second kappa shape index (κ2) is 14.6. The third-order valence-corrected chi connectivity index (χ3v) is 8.40. The largest absolute Gasteiger partial charge is 0.486 e. The van der Waals surface area contributed by atoms with E-state index in [2.05, 4.69) is 44.2 Å². The first kappa shape index (κ1) is 32.8. The molecule has 0 aliphatic carbocycles. The van der Waals surface area contributed by atoms with E-state index < -0.39 is 5.41 Å². The number of ketones is 1. The van der Waals surface area contributed by atoms with Crippen molar-refractivity contribution in [3.05, 3.63) is 64.6 Å². The number of allylic oxidation sites excluding steroid dienone is 4. The molecule has 206 valence electrons. The standard InChI is InChI=1S/C30H43NO3S.C2H6/c1-10-13-25-22(14-17-28(33)31(8)9)19-27(35-25)30(11-2,12-3)23-15-16-24(21(4)18-23)34-20-26(32)29(5,6)7;1-2/h10,13-19,22,25H,11-12,20H2,1-9H3;1-2H3/b13-10-,17-14+;. The average Bonchev–Trinajstić information content (AvgIpc) is 3.26. The first-order chi connectivity index (χ1) is 17.4. The molecule has 37 heavy (non-hydrogen) atoms. The Morgan fingerprint density at radius 1 is 1.08 bits per heavy atom. The summed E-state index contributed by atoms with van der Waals surface area (Å²) in [5.74, 6) is 1.02. The zero-order valence-electron chi connectivity index (χ0n) is 25.0. The second-order valence-electron chi connectivity index (χ2n) is 10.5. The van der Waals surface area contributed by atoms with E-state index in [4.69, 9.17) is 4.74 Å². The summed E-state index contributed by atoms with van der Waals surface area (Å²) in [5, 5.41) is 0.269. The highest BCUT2D eigenvalue weighted by molar-refractivity contribution is 8.04. The Labute approximate surface area is 230 Å². The summed E-state index contributed by atoms with van der Waals surface area (Å²) in [6.07, 6.45) is 12.3. The van der Waals surface area contributed by atoms with Crippen LogP contribution in [0.3, 0.4) is 0 Å². The first-order valence-electron chi connectivity index (χ1n) is 13.6. The lowest BCUT2D eigenvalue weighted by Crippen LogP contribution is -2.27. The normalized spacial score (nSPS) is 18.0. The Morgan fingerprint density at radius 2 is 1.70 bits per heavy atom. The van der Waals surface area contributed by atoms with Crippen molar-refractivity contribution in [2.45, 2.75) is 85.8 Å². The number of Topliss-reactive ketones (excluding diaryl/α,β-unsaturated/α-hetero) is 1. The van der Waals surface area contributed by atoms with Crippen molar-refractivity contribution in [3.8, 4) is 5.75 Å². The molecular formula is C32H49NO3S. The highest BCUT2D eigenvalue weighted by atomic mass is 32.2. The van der Waals surface area contributed by atoms with E-state index in [-0.39, 0.29) is 34.9 Å². The van der Waals surface area contributed by atoms with Crippen molar-refractivity contribution in [1.82, 2.24) is 4.90 Å². The summed E-state index contributed by atoms with van der Waals surface area (Å²) in [6, 6.07) is 6.38. The number of hydrogen-bond acceptors (Lipinski definition) is 4. The van der Waals surface area contributed by atoms with Crippen LogP contribution < -0.4 is 4.74 Å². The molecule has 0 bridgehead atoms. The van der Waals surface area contributed by atoms with Crippen LogP contribution in [0.25, 0.3) is 0 Å². The van der Waals surface area contributed by atoms with E-state index in [1.54, 1.807) is 25.1 Å². The molecule has 2 rings (SSSR count). The summed E-state index contributed by atoms with van der Waals surface area (Å²) in [4.78, 5) is 27.4. The van der Waals surface area contributed by atoms with Gasteiger partial charge in [0.15, 0.2) is 5.78 Å². The second-order valence-corrected chi connectivity index (χ2v) is 11.8. The number of ether oxygens (including phenoxy) is 1. The number of hydrogen-bond donors (Lipinski definition) is 0. The highest BCUT2D eigenvalue weighted by Crippen LogP contribution is 2.52. The molecule has 1 aliphatic rings. The molecule has 1 aromatic carbocycles. The predicted molar refractivity (Wildman–Crippen MR) is 160 cm³/mol. The van der Waals surface area contributed by atoms with Crippen LogP contribution >= 0.6 is 11.8 Å². The first-order valence-corrected chi connectivity index (χ1v) is 14.5. The number of carbonyl (C=O) groups is 2. The molecule has 1 heterocycles. The zero-order valence-corrected chi connectivity index (χ0v) is 25.8. The quantitative estimate of drug-likeness (QED) is 0.229. The third-order valence-electron chi connectivity index (χ3n) is 6.87. The maximum atomic E-state index is 12.3. The van der Waals surface area contributed by atoms with Gasteiger partial charge >= 0.3 is 0 Å². The molecule has 0 spiro atoms. The summed E-state index contributed by atoms with van der Waals surface area (Å²) in [5.41, 5.74) is 1.78. The molecule has 2 atom stereocenters. The number of amides is 1. The predicted octanol–water partition coefficient (Wildman–Crippen LogP) is 7.91. The van der Waals surface area contributed by atoms with Gasteiger partial charge in [-0.25, -0.2) is 0 Å². The van der Waals surface area contributed by atoms with E-state index in [1.807, 2.05) is 72.4 Å². The molecule has 4 nitrogen and oxygen atoms in total. The topological polar surface area (TPSA) is 46.6 Å². The van der Waals surface area contributed by atoms with Crippen molar-refractivity contribution in [1.29, 1.82) is 0 Å². The number of benzene rings is 1. The number of carbonyl (C=O) groups excluding carboxylic acids is 2. The number of aryl methyl sites for hydroxylation is 1. The molecular weight excluding hydrogens is 478 g/mol. The van der Waals surface area contributed by atoms with Crippen molar-refractivity contribution in [3.63, 3.8) is 0 Å². The maximum Gasteiger partial charge on any atom is 0.245 e. The average molecular weight is 528 g/mol. The zero-order chi connectivity index (χ0) is 28.4. The van der Waals surface area contributed by atoms with Crippen LogP contribution in [0.1, 0.15) is 79.4 Å². The number of rotatable bonds is 10. The molecule has 2 unspecified atom stereocenters. The van der Waals surface area contributed by atoms with Gasteiger partial charge in [-0.1, -0.05) is 84.9 Å². The molecule has 0 aromatic heterocycles. The minimum atomic E-state index is -0.411. The summed E-state index contributed by atoms with van der Waals surface area (Å²) < 4.78 is 5.90. The van der Waals surface area contributed by atoms with Crippen molar-refractivity contribution >= 4 is 23.5 Å². The van der Waals surface area contributed by atoms with Crippen LogP contribution in [0.2, 0.25) is 0 Å². The lowest BCUT2D eigenvalue weighted by molar-refractivity contribution is -0.128. The lowest BCUT2D eigenvalue weighted by atomic mass is 9.74. The van der Waals surface area contributed by atoms with Crippen molar-refractivity contribution in [2.75, 3.05) is 20.7 Å². The smallest absolute Gasteiger partial charge is 0.245 e. The molecule has 0 saturated heterocycles. The van der Waals surface area contributed by atoms with E-state index in [0.29, 0.717) is 0 Å². The number of likely N-dealkylation sites (N-methyl/N-ethyl adjacent to an activating group) is 1. The van der Waals surface area contributed by atoms with Gasteiger partial charge in [-0.2, -0.15) is 0 Å². The van der Waals surface area contributed by atoms with Crippen LogP contribution in [0, 0.1) is 18.3 Å². The van der Waals surface area contributed by atoms with Gasteiger partial charge in [0.1, 0.15) is 12.4 Å². The maximum absolute atomic E-state index is 12.3. The molecule has 0 radical (unpaired) electrons. The fraction of sp³-hybridized carbons (Fsp3) is 0.562. The monoisotopic (exact) mass is 527 g/mol. The van der Waals surface area contributed by atoms with E-state index in [0.717, 1.165) is 24.2 Å². The third kappa shape index (κ3) is 8.36. The molecule has 0 saturated carbocycles. The van der Waals surface area contributed by atoms with Crippen LogP contribution in [0.15, 0.2) is 53.5 Å². The molecule has 1 aromatic rings. The van der Waals surface area contributed by atoms with E-state index in [1.165, 1.54) is 10.5 Å². The Balaban J connectivity index is 0.00000334. The van der Waals surface area contributed by atoms with Crippen LogP contribution in [-0.4, -0.2) is 42.5 Å². The minimum absolute atomic E-state index is 0.00415. The Bertz CT molecular complexity index is 994. The van der Waals surface area contributed by atoms with Gasteiger partial charge in [0, 0.05) is 36.1 Å². The molecule has 0 fully saturated rings. The lowest BCUT2D eigenvalue weighted by Gasteiger charge is -2.34. The summed E-state index contributed by atoms with van der Waals surface area (Å²) in [6.45, 7) is 18.4. The Kier molecular flexibility index (Phi) is 12.9. The minimum Gasteiger partial charge on any atom is -0.486 e. The van der Waals surface area contributed by atoms with E-state index >= 15 is 0 Å². The number of thioether (sulfide) groups is 1. The molecule has 0 N–H and O–H groups in total.